The van der Waals surface area contributed by atoms with E-state index in [9.17, 15) is 4.79 Å². The van der Waals surface area contributed by atoms with E-state index in [-0.39, 0.29) is 12.5 Å². The minimum atomic E-state index is -0.234. The first-order chi connectivity index (χ1) is 9.61. The van der Waals surface area contributed by atoms with E-state index in [2.05, 4.69) is 26.7 Å². The largest absolute Gasteiger partial charge is 0.384 e. The van der Waals surface area contributed by atoms with Gasteiger partial charge < -0.3 is 10.4 Å². The second kappa shape index (κ2) is 6.28. The molecule has 0 spiro atoms. The first-order valence-corrected chi connectivity index (χ1v) is 6.70. The van der Waals surface area contributed by atoms with Crippen LogP contribution in [0.3, 0.4) is 0 Å². The summed E-state index contributed by atoms with van der Waals surface area (Å²) < 4.78 is 3.74. The topological polar surface area (TPSA) is 75.1 Å². The molecule has 1 aromatic carbocycles. The second-order valence-electron chi connectivity index (χ2n) is 4.13. The number of amides is 1. The van der Waals surface area contributed by atoms with Crippen LogP contribution in [0.1, 0.15) is 26.5 Å². The smallest absolute Gasteiger partial charge is 0.269 e. The molecule has 6 heteroatoms. The third-order valence-electron chi connectivity index (χ3n) is 2.66. The maximum absolute atomic E-state index is 12.0. The maximum Gasteiger partial charge on any atom is 0.269 e. The minimum Gasteiger partial charge on any atom is -0.384 e. The number of anilines is 1. The molecule has 0 unspecified atom stereocenters. The van der Waals surface area contributed by atoms with E-state index in [0.717, 1.165) is 22.7 Å². The van der Waals surface area contributed by atoms with Crippen LogP contribution in [0.15, 0.2) is 18.2 Å². The van der Waals surface area contributed by atoms with Gasteiger partial charge in [-0.25, -0.2) is 0 Å². The predicted octanol–water partition coefficient (Wildman–Crippen LogP) is 1.75. The summed E-state index contributed by atoms with van der Waals surface area (Å²) >= 11 is 1.06. The Labute approximate surface area is 120 Å². The minimum absolute atomic E-state index is 0.193. The number of aliphatic hydroxyl groups is 1. The molecule has 0 atom stereocenters. The molecule has 102 valence electrons. The lowest BCUT2D eigenvalue weighted by Crippen LogP contribution is -2.11. The third kappa shape index (κ3) is 3.20. The lowest BCUT2D eigenvalue weighted by atomic mass is 10.1. The molecule has 0 saturated heterocycles. The molecule has 1 amide bonds. The summed E-state index contributed by atoms with van der Waals surface area (Å²) in [6.07, 6.45) is 0. The Kier molecular flexibility index (Phi) is 4.45. The van der Waals surface area contributed by atoms with Crippen molar-refractivity contribution in [3.8, 4) is 11.8 Å². The molecule has 0 aliphatic rings. The maximum atomic E-state index is 12.0. The quantitative estimate of drug-likeness (QED) is 0.825. The Balaban J connectivity index is 2.22. The van der Waals surface area contributed by atoms with Crippen LogP contribution in [0.4, 0.5) is 5.69 Å². The van der Waals surface area contributed by atoms with Gasteiger partial charge in [0.05, 0.1) is 5.69 Å². The van der Waals surface area contributed by atoms with Crippen molar-refractivity contribution in [1.29, 1.82) is 0 Å². The van der Waals surface area contributed by atoms with Gasteiger partial charge in [-0.15, -0.1) is 5.10 Å². The van der Waals surface area contributed by atoms with Crippen molar-refractivity contribution in [3.05, 3.63) is 39.9 Å². The standard InChI is InChI=1S/C14H13N3O2S/c1-9-5-6-12(8-11(9)4-3-7-18)15-14(19)13-10(2)16-17-20-13/h5-6,8,18H,7H2,1-2H3,(H,15,19). The Bertz CT molecular complexity index is 698. The zero-order valence-corrected chi connectivity index (χ0v) is 11.9. The molecule has 2 rings (SSSR count). The van der Waals surface area contributed by atoms with Crippen molar-refractivity contribution in [1.82, 2.24) is 9.59 Å². The van der Waals surface area contributed by atoms with Crippen LogP contribution in [-0.4, -0.2) is 27.2 Å². The number of carbonyl (C=O) groups is 1. The molecule has 20 heavy (non-hydrogen) atoms. The van der Waals surface area contributed by atoms with Crippen molar-refractivity contribution in [3.63, 3.8) is 0 Å². The number of carbonyl (C=O) groups excluding carboxylic acids is 1. The summed E-state index contributed by atoms with van der Waals surface area (Å²) in [6, 6.07) is 5.45. The number of hydrogen-bond acceptors (Lipinski definition) is 5. The van der Waals surface area contributed by atoms with Gasteiger partial charge in [0.1, 0.15) is 11.5 Å². The lowest BCUT2D eigenvalue weighted by molar-refractivity contribution is 0.103. The summed E-state index contributed by atoms with van der Waals surface area (Å²) in [4.78, 5) is 12.5. The summed E-state index contributed by atoms with van der Waals surface area (Å²) in [5, 5.41) is 15.3. The van der Waals surface area contributed by atoms with Crippen LogP contribution >= 0.6 is 11.5 Å². The molecular formula is C14H13N3O2S. The first-order valence-electron chi connectivity index (χ1n) is 5.92. The Hall–Kier alpha value is -2.23. The van der Waals surface area contributed by atoms with Gasteiger partial charge in [0.15, 0.2) is 0 Å². The predicted molar refractivity (Wildman–Crippen MR) is 77.7 cm³/mol. The molecule has 1 heterocycles. The van der Waals surface area contributed by atoms with E-state index in [1.807, 2.05) is 13.0 Å². The SMILES string of the molecule is Cc1ccc(NC(=O)c2snnc2C)cc1C#CCO. The number of benzene rings is 1. The van der Waals surface area contributed by atoms with Gasteiger partial charge in [-0.3, -0.25) is 4.79 Å². The molecular weight excluding hydrogens is 274 g/mol. The van der Waals surface area contributed by atoms with Gasteiger partial charge in [-0.2, -0.15) is 0 Å². The fourth-order valence-electron chi connectivity index (χ4n) is 1.60. The third-order valence-corrected chi connectivity index (χ3v) is 3.48. The fourth-order valence-corrected chi connectivity index (χ4v) is 2.15. The van der Waals surface area contributed by atoms with Gasteiger partial charge in [0.2, 0.25) is 0 Å². The van der Waals surface area contributed by atoms with Gasteiger partial charge in [-0.1, -0.05) is 22.4 Å². The molecule has 1 aromatic heterocycles. The van der Waals surface area contributed by atoms with Gasteiger partial charge in [0, 0.05) is 11.3 Å². The second-order valence-corrected chi connectivity index (χ2v) is 4.89. The van der Waals surface area contributed by atoms with Crippen LogP contribution in [-0.2, 0) is 0 Å². The molecule has 0 aliphatic heterocycles. The number of aromatic nitrogens is 2. The molecule has 2 aromatic rings. The number of aliphatic hydroxyl groups excluding tert-OH is 1. The zero-order chi connectivity index (χ0) is 14.5. The van der Waals surface area contributed by atoms with Crippen LogP contribution in [0, 0.1) is 25.7 Å². The van der Waals surface area contributed by atoms with Gasteiger partial charge in [-0.05, 0) is 43.1 Å². The van der Waals surface area contributed by atoms with Crippen LogP contribution in [0.2, 0.25) is 0 Å². The van der Waals surface area contributed by atoms with Crippen molar-refractivity contribution in [2.24, 2.45) is 0 Å². The van der Waals surface area contributed by atoms with E-state index < -0.39 is 0 Å². The van der Waals surface area contributed by atoms with Crippen molar-refractivity contribution in [2.45, 2.75) is 13.8 Å². The summed E-state index contributed by atoms with van der Waals surface area (Å²) in [7, 11) is 0. The molecule has 5 nitrogen and oxygen atoms in total. The van der Waals surface area contributed by atoms with Crippen LogP contribution in [0.25, 0.3) is 0 Å². The van der Waals surface area contributed by atoms with Crippen molar-refractivity contribution in [2.75, 3.05) is 11.9 Å². The molecule has 0 saturated carbocycles. The van der Waals surface area contributed by atoms with Crippen LogP contribution < -0.4 is 5.32 Å². The number of nitrogens with zero attached hydrogens (tertiary/aromatic N) is 2. The molecule has 0 bridgehead atoms. The first kappa shape index (κ1) is 14.2. The van der Waals surface area contributed by atoms with E-state index >= 15 is 0 Å². The van der Waals surface area contributed by atoms with Crippen LogP contribution in [0.5, 0.6) is 0 Å². The van der Waals surface area contributed by atoms with Gasteiger partial charge >= 0.3 is 0 Å². The average molecular weight is 287 g/mol. The normalized spacial score (nSPS) is 9.75. The highest BCUT2D eigenvalue weighted by Gasteiger charge is 2.13. The molecule has 0 radical (unpaired) electrons. The summed E-state index contributed by atoms with van der Waals surface area (Å²) in [5.74, 6) is 5.21. The Morgan fingerprint density at radius 2 is 2.25 bits per heavy atom. The van der Waals surface area contributed by atoms with E-state index in [4.69, 9.17) is 5.11 Å². The lowest BCUT2D eigenvalue weighted by Gasteiger charge is -2.06. The zero-order valence-electron chi connectivity index (χ0n) is 11.1. The monoisotopic (exact) mass is 287 g/mol. The molecule has 0 aliphatic carbocycles. The van der Waals surface area contributed by atoms with Crippen molar-refractivity contribution < 1.29 is 9.90 Å². The number of nitrogens with one attached hydrogen (secondary N) is 1. The highest BCUT2D eigenvalue weighted by molar-refractivity contribution is 7.08. The Morgan fingerprint density at radius 3 is 2.90 bits per heavy atom. The van der Waals surface area contributed by atoms with E-state index in [1.165, 1.54) is 0 Å². The average Bonchev–Trinajstić information content (AvgIpc) is 2.85. The molecule has 0 fully saturated rings. The summed E-state index contributed by atoms with van der Waals surface area (Å²) in [6.45, 7) is 3.47. The number of rotatable bonds is 2. The van der Waals surface area contributed by atoms with Crippen molar-refractivity contribution >= 4 is 23.1 Å². The Morgan fingerprint density at radius 1 is 1.45 bits per heavy atom. The van der Waals surface area contributed by atoms with E-state index in [1.54, 1.807) is 19.1 Å². The highest BCUT2D eigenvalue weighted by atomic mass is 32.1. The number of aryl methyl sites for hydroxylation is 2. The highest BCUT2D eigenvalue weighted by Crippen LogP contribution is 2.17. The summed E-state index contributed by atoms with van der Waals surface area (Å²) in [5.41, 5.74) is 3.02. The fraction of sp³-hybridized carbons (Fsp3) is 0.214. The van der Waals surface area contributed by atoms with Gasteiger partial charge in [0.25, 0.3) is 5.91 Å². The van der Waals surface area contributed by atoms with E-state index in [0.29, 0.717) is 16.3 Å². The number of hydrogen-bond donors (Lipinski definition) is 2. The molecule has 2 N–H and O–H groups in total.